The first-order valence-electron chi connectivity index (χ1n) is 8.11. The number of hydrogen-bond acceptors (Lipinski definition) is 4. The molecule has 1 aromatic heterocycles. The van der Waals surface area contributed by atoms with E-state index in [0.29, 0.717) is 17.0 Å². The Kier molecular flexibility index (Phi) is 5.13. The quantitative estimate of drug-likeness (QED) is 0.633. The van der Waals surface area contributed by atoms with Crippen LogP contribution in [0.25, 0.3) is 11.0 Å². The molecule has 0 aliphatic rings. The first-order valence-corrected chi connectivity index (χ1v) is 8.91. The number of benzene rings is 2. The zero-order chi connectivity index (χ0) is 18.8. The SMILES string of the molecule is Cc1cc2oc(=O)cc(C)c2cc1OC(C)C(=O)Nc1ccc(Br)cc1. The maximum Gasteiger partial charge on any atom is 0.336 e. The molecule has 1 atom stereocenters. The number of nitrogens with one attached hydrogen (secondary N) is 1. The lowest BCUT2D eigenvalue weighted by Crippen LogP contribution is -2.30. The van der Waals surface area contributed by atoms with Crippen LogP contribution in [0.3, 0.4) is 0 Å². The minimum absolute atomic E-state index is 0.247. The Bertz CT molecular complexity index is 1020. The third-order valence-corrected chi connectivity index (χ3v) is 4.56. The van der Waals surface area contributed by atoms with Crippen LogP contribution >= 0.6 is 15.9 Å². The first kappa shape index (κ1) is 18.2. The van der Waals surface area contributed by atoms with Crippen LogP contribution in [0.5, 0.6) is 5.75 Å². The maximum absolute atomic E-state index is 12.4. The van der Waals surface area contributed by atoms with Crippen molar-refractivity contribution in [3.05, 3.63) is 68.5 Å². The monoisotopic (exact) mass is 415 g/mol. The van der Waals surface area contributed by atoms with Crippen molar-refractivity contribution in [2.24, 2.45) is 0 Å². The maximum atomic E-state index is 12.4. The van der Waals surface area contributed by atoms with Crippen LogP contribution in [0.2, 0.25) is 0 Å². The molecule has 0 aliphatic heterocycles. The summed E-state index contributed by atoms with van der Waals surface area (Å²) >= 11 is 3.36. The van der Waals surface area contributed by atoms with E-state index in [9.17, 15) is 9.59 Å². The van der Waals surface area contributed by atoms with Gasteiger partial charge < -0.3 is 14.5 Å². The molecule has 0 spiro atoms. The summed E-state index contributed by atoms with van der Waals surface area (Å²) in [5.74, 6) is 0.330. The van der Waals surface area contributed by atoms with Gasteiger partial charge in [0.25, 0.3) is 5.91 Å². The van der Waals surface area contributed by atoms with E-state index in [2.05, 4.69) is 21.2 Å². The Morgan fingerprint density at radius 2 is 1.81 bits per heavy atom. The van der Waals surface area contributed by atoms with Gasteiger partial charge in [-0.1, -0.05) is 15.9 Å². The van der Waals surface area contributed by atoms with Gasteiger partial charge in [-0.15, -0.1) is 0 Å². The van der Waals surface area contributed by atoms with Crippen LogP contribution in [0.1, 0.15) is 18.1 Å². The fourth-order valence-electron chi connectivity index (χ4n) is 2.59. The molecule has 1 unspecified atom stereocenters. The van der Waals surface area contributed by atoms with E-state index < -0.39 is 6.10 Å². The highest BCUT2D eigenvalue weighted by molar-refractivity contribution is 9.10. The third kappa shape index (κ3) is 3.96. The van der Waals surface area contributed by atoms with E-state index in [-0.39, 0.29) is 11.5 Å². The fourth-order valence-corrected chi connectivity index (χ4v) is 2.86. The Morgan fingerprint density at radius 1 is 1.12 bits per heavy atom. The molecule has 1 amide bonds. The van der Waals surface area contributed by atoms with Crippen molar-refractivity contribution in [2.45, 2.75) is 26.9 Å². The molecule has 2 aromatic carbocycles. The molecule has 3 rings (SSSR count). The van der Waals surface area contributed by atoms with Gasteiger partial charge in [-0.05, 0) is 68.3 Å². The van der Waals surface area contributed by atoms with Gasteiger partial charge in [0, 0.05) is 21.6 Å². The summed E-state index contributed by atoms with van der Waals surface area (Å²) in [6, 6.07) is 12.3. The molecule has 0 saturated carbocycles. The molecule has 134 valence electrons. The van der Waals surface area contributed by atoms with Gasteiger partial charge in [0.05, 0.1) is 0 Å². The summed E-state index contributed by atoms with van der Waals surface area (Å²) < 4.78 is 12.0. The molecule has 0 bridgehead atoms. The van der Waals surface area contributed by atoms with Gasteiger partial charge in [0.2, 0.25) is 0 Å². The van der Waals surface area contributed by atoms with Crippen molar-refractivity contribution < 1.29 is 13.9 Å². The Hall–Kier alpha value is -2.60. The summed E-state index contributed by atoms with van der Waals surface area (Å²) in [6.07, 6.45) is -0.689. The van der Waals surface area contributed by atoms with Gasteiger partial charge in [0.15, 0.2) is 6.10 Å². The smallest absolute Gasteiger partial charge is 0.336 e. The zero-order valence-electron chi connectivity index (χ0n) is 14.6. The summed E-state index contributed by atoms with van der Waals surface area (Å²) in [5.41, 5.74) is 2.40. The van der Waals surface area contributed by atoms with Crippen LogP contribution in [0.4, 0.5) is 5.69 Å². The van der Waals surface area contributed by atoms with Crippen molar-refractivity contribution >= 4 is 38.5 Å². The van der Waals surface area contributed by atoms with E-state index in [4.69, 9.17) is 9.15 Å². The Balaban J connectivity index is 1.81. The summed E-state index contributed by atoms with van der Waals surface area (Å²) in [5, 5.41) is 3.60. The Morgan fingerprint density at radius 3 is 2.50 bits per heavy atom. The molecule has 3 aromatic rings. The van der Waals surface area contributed by atoms with Crippen molar-refractivity contribution in [3.63, 3.8) is 0 Å². The number of carbonyl (C=O) groups excluding carboxylic acids is 1. The first-order chi connectivity index (χ1) is 12.3. The summed E-state index contributed by atoms with van der Waals surface area (Å²) in [4.78, 5) is 23.9. The fraction of sp³-hybridized carbons (Fsp3) is 0.200. The molecule has 1 heterocycles. The molecule has 26 heavy (non-hydrogen) atoms. The van der Waals surface area contributed by atoms with E-state index in [1.54, 1.807) is 31.2 Å². The molecule has 0 radical (unpaired) electrons. The molecule has 0 aliphatic carbocycles. The minimum atomic E-state index is -0.689. The van der Waals surface area contributed by atoms with E-state index in [1.165, 1.54) is 6.07 Å². The number of anilines is 1. The van der Waals surface area contributed by atoms with Crippen molar-refractivity contribution in [1.29, 1.82) is 0 Å². The van der Waals surface area contributed by atoms with Crippen molar-refractivity contribution in [3.8, 4) is 5.75 Å². The number of carbonyl (C=O) groups is 1. The summed E-state index contributed by atoms with van der Waals surface area (Å²) in [7, 11) is 0. The third-order valence-electron chi connectivity index (χ3n) is 4.03. The molecule has 0 fully saturated rings. The predicted octanol–water partition coefficient (Wildman–Crippen LogP) is 4.58. The minimum Gasteiger partial charge on any atom is -0.481 e. The highest BCUT2D eigenvalue weighted by atomic mass is 79.9. The number of amides is 1. The van der Waals surface area contributed by atoms with Crippen LogP contribution in [-0.4, -0.2) is 12.0 Å². The van der Waals surface area contributed by atoms with Gasteiger partial charge in [-0.3, -0.25) is 4.79 Å². The normalized spacial score (nSPS) is 12.0. The van der Waals surface area contributed by atoms with Crippen molar-refractivity contribution in [1.82, 2.24) is 0 Å². The van der Waals surface area contributed by atoms with Gasteiger partial charge in [-0.25, -0.2) is 4.79 Å². The average molecular weight is 416 g/mol. The lowest BCUT2D eigenvalue weighted by molar-refractivity contribution is -0.122. The second kappa shape index (κ2) is 7.33. The second-order valence-electron chi connectivity index (χ2n) is 6.12. The number of halogens is 1. The molecular weight excluding hydrogens is 398 g/mol. The molecular formula is C20H18BrNO4. The van der Waals surface area contributed by atoms with Gasteiger partial charge in [-0.2, -0.15) is 0 Å². The molecule has 6 heteroatoms. The van der Waals surface area contributed by atoms with E-state index in [1.807, 2.05) is 26.0 Å². The van der Waals surface area contributed by atoms with Crippen LogP contribution in [0.15, 0.2) is 56.1 Å². The summed E-state index contributed by atoms with van der Waals surface area (Å²) in [6.45, 7) is 5.37. The van der Waals surface area contributed by atoms with Crippen LogP contribution in [0, 0.1) is 13.8 Å². The lowest BCUT2D eigenvalue weighted by Gasteiger charge is -2.17. The number of ether oxygens (including phenoxy) is 1. The largest absolute Gasteiger partial charge is 0.481 e. The highest BCUT2D eigenvalue weighted by Crippen LogP contribution is 2.27. The lowest BCUT2D eigenvalue weighted by atomic mass is 10.1. The number of hydrogen-bond donors (Lipinski definition) is 1. The number of rotatable bonds is 4. The molecule has 1 N–H and O–H groups in total. The topological polar surface area (TPSA) is 68.5 Å². The van der Waals surface area contributed by atoms with Crippen LogP contribution < -0.4 is 15.7 Å². The average Bonchev–Trinajstić information content (AvgIpc) is 2.58. The van der Waals surface area contributed by atoms with E-state index >= 15 is 0 Å². The molecule has 0 saturated heterocycles. The zero-order valence-corrected chi connectivity index (χ0v) is 16.2. The predicted molar refractivity (Wildman–Crippen MR) is 105 cm³/mol. The Labute approximate surface area is 159 Å². The highest BCUT2D eigenvalue weighted by Gasteiger charge is 2.17. The second-order valence-corrected chi connectivity index (χ2v) is 7.03. The molecule has 5 nitrogen and oxygen atoms in total. The standard InChI is InChI=1S/C20H18BrNO4/c1-11-9-19(23)26-18-8-12(2)17(10-16(11)18)25-13(3)20(24)22-15-6-4-14(21)5-7-15/h4-10,13H,1-3H3,(H,22,24). The van der Waals surface area contributed by atoms with Gasteiger partial charge in [0.1, 0.15) is 11.3 Å². The number of fused-ring (bicyclic) bond motifs is 1. The number of aryl methyl sites for hydroxylation is 2. The van der Waals surface area contributed by atoms with E-state index in [0.717, 1.165) is 21.0 Å². The van der Waals surface area contributed by atoms with Crippen LogP contribution in [-0.2, 0) is 4.79 Å². The van der Waals surface area contributed by atoms with Crippen molar-refractivity contribution in [2.75, 3.05) is 5.32 Å². The van der Waals surface area contributed by atoms with Gasteiger partial charge >= 0.3 is 5.63 Å².